The van der Waals surface area contributed by atoms with Crippen molar-refractivity contribution in [2.75, 3.05) is 18.4 Å². The highest BCUT2D eigenvalue weighted by Gasteiger charge is 2.28. The van der Waals surface area contributed by atoms with E-state index in [9.17, 15) is 4.79 Å². The molecular weight excluding hydrogens is 327 g/mol. The summed E-state index contributed by atoms with van der Waals surface area (Å²) < 4.78 is 1.14. The molecule has 1 fully saturated rings. The van der Waals surface area contributed by atoms with Crippen LogP contribution in [0.5, 0.6) is 0 Å². The Morgan fingerprint density at radius 1 is 1.53 bits per heavy atom. The van der Waals surface area contributed by atoms with Gasteiger partial charge in [-0.2, -0.15) is 0 Å². The summed E-state index contributed by atoms with van der Waals surface area (Å²) in [5.74, 6) is 0.688. The number of carbonyl (C=O) groups excluding carboxylic acids is 1. The molecule has 0 saturated carbocycles. The van der Waals surface area contributed by atoms with Crippen molar-refractivity contribution in [3.8, 4) is 0 Å². The molecule has 1 amide bonds. The van der Waals surface area contributed by atoms with Crippen molar-refractivity contribution < 1.29 is 4.79 Å². The Morgan fingerprint density at radius 2 is 2.24 bits per heavy atom. The van der Waals surface area contributed by atoms with Gasteiger partial charge in [0, 0.05) is 15.2 Å². The zero-order valence-electron chi connectivity index (χ0n) is 10.1. The lowest BCUT2D eigenvalue weighted by Gasteiger charge is -2.31. The van der Waals surface area contributed by atoms with E-state index in [2.05, 4.69) is 33.2 Å². The molecular formula is C13H17IN2O. The average molecular weight is 344 g/mol. The molecule has 2 rings (SSSR count). The average Bonchev–Trinajstić information content (AvgIpc) is 2.21. The fourth-order valence-corrected chi connectivity index (χ4v) is 2.35. The van der Waals surface area contributed by atoms with Crippen LogP contribution in [0.15, 0.2) is 18.2 Å². The van der Waals surface area contributed by atoms with E-state index in [0.29, 0.717) is 5.92 Å². The van der Waals surface area contributed by atoms with Gasteiger partial charge in [0.2, 0.25) is 5.91 Å². The number of hydrogen-bond donors (Lipinski definition) is 2. The topological polar surface area (TPSA) is 41.1 Å². The zero-order chi connectivity index (χ0) is 12.4. The van der Waals surface area contributed by atoms with Gasteiger partial charge in [0.15, 0.2) is 0 Å². The number of nitrogens with one attached hydrogen (secondary N) is 2. The second-order valence-electron chi connectivity index (χ2n) is 4.66. The fraction of sp³-hybridized carbons (Fsp3) is 0.462. The zero-order valence-corrected chi connectivity index (χ0v) is 12.2. The second kappa shape index (κ2) is 5.35. The van der Waals surface area contributed by atoms with Crippen molar-refractivity contribution in [2.24, 2.45) is 11.8 Å². The molecule has 92 valence electrons. The van der Waals surface area contributed by atoms with Gasteiger partial charge >= 0.3 is 0 Å². The third-order valence-electron chi connectivity index (χ3n) is 3.39. The van der Waals surface area contributed by atoms with Crippen molar-refractivity contribution >= 4 is 34.2 Å². The molecule has 17 heavy (non-hydrogen) atoms. The van der Waals surface area contributed by atoms with Gasteiger partial charge in [-0.15, -0.1) is 0 Å². The van der Waals surface area contributed by atoms with Crippen LogP contribution in [-0.4, -0.2) is 19.0 Å². The van der Waals surface area contributed by atoms with Crippen LogP contribution in [0.1, 0.15) is 12.5 Å². The maximum absolute atomic E-state index is 12.1. The minimum Gasteiger partial charge on any atom is -0.326 e. The molecule has 0 bridgehead atoms. The first kappa shape index (κ1) is 12.8. The van der Waals surface area contributed by atoms with Gasteiger partial charge in [0.1, 0.15) is 0 Å². The number of halogens is 1. The Bertz CT molecular complexity index is 429. The van der Waals surface area contributed by atoms with Gasteiger partial charge in [-0.25, -0.2) is 0 Å². The molecule has 1 aromatic rings. The van der Waals surface area contributed by atoms with Crippen molar-refractivity contribution in [3.05, 3.63) is 27.3 Å². The highest BCUT2D eigenvalue weighted by atomic mass is 127. The lowest BCUT2D eigenvalue weighted by Crippen LogP contribution is -2.48. The molecule has 1 atom stereocenters. The van der Waals surface area contributed by atoms with Crippen molar-refractivity contribution in [2.45, 2.75) is 13.8 Å². The predicted octanol–water partition coefficient (Wildman–Crippen LogP) is 2.39. The first-order valence-electron chi connectivity index (χ1n) is 5.85. The Hall–Kier alpha value is -0.620. The summed E-state index contributed by atoms with van der Waals surface area (Å²) in [5.41, 5.74) is 2.04. The monoisotopic (exact) mass is 344 g/mol. The summed E-state index contributed by atoms with van der Waals surface area (Å²) >= 11 is 2.26. The normalized spacial score (nSPS) is 17.4. The van der Waals surface area contributed by atoms with E-state index in [1.165, 1.54) is 0 Å². The first-order valence-corrected chi connectivity index (χ1v) is 6.93. The van der Waals surface area contributed by atoms with Crippen LogP contribution in [0.4, 0.5) is 5.69 Å². The van der Waals surface area contributed by atoms with Crippen LogP contribution in [0, 0.1) is 22.3 Å². The number of aryl methyl sites for hydroxylation is 1. The van der Waals surface area contributed by atoms with E-state index in [4.69, 9.17) is 0 Å². The molecule has 0 aromatic heterocycles. The van der Waals surface area contributed by atoms with Crippen molar-refractivity contribution in [3.63, 3.8) is 0 Å². The minimum atomic E-state index is 0.0773. The van der Waals surface area contributed by atoms with Crippen molar-refractivity contribution in [1.29, 1.82) is 0 Å². The van der Waals surface area contributed by atoms with E-state index in [-0.39, 0.29) is 11.8 Å². The number of anilines is 1. The van der Waals surface area contributed by atoms with Gasteiger partial charge in [-0.05, 0) is 66.2 Å². The molecule has 1 aliphatic heterocycles. The van der Waals surface area contributed by atoms with Crippen LogP contribution in [-0.2, 0) is 4.79 Å². The van der Waals surface area contributed by atoms with Crippen LogP contribution in [0.3, 0.4) is 0 Å². The number of hydrogen-bond acceptors (Lipinski definition) is 2. The van der Waals surface area contributed by atoms with Gasteiger partial charge in [-0.1, -0.05) is 13.0 Å². The molecule has 0 spiro atoms. The standard InChI is InChI=1S/C13H17IN2O/c1-8-3-4-11(14)5-12(8)16-13(17)9(2)10-6-15-7-10/h3-5,9-10,15H,6-7H2,1-2H3,(H,16,17). The molecule has 3 nitrogen and oxygen atoms in total. The molecule has 4 heteroatoms. The van der Waals surface area contributed by atoms with Crippen LogP contribution in [0.2, 0.25) is 0 Å². The maximum atomic E-state index is 12.1. The van der Waals surface area contributed by atoms with Gasteiger partial charge < -0.3 is 10.6 Å². The van der Waals surface area contributed by atoms with Crippen LogP contribution in [0.25, 0.3) is 0 Å². The molecule has 2 N–H and O–H groups in total. The molecule has 1 aliphatic rings. The molecule has 0 radical (unpaired) electrons. The first-order chi connectivity index (χ1) is 8.08. The molecule has 1 heterocycles. The quantitative estimate of drug-likeness (QED) is 0.827. The third-order valence-corrected chi connectivity index (χ3v) is 4.06. The van der Waals surface area contributed by atoms with E-state index in [0.717, 1.165) is 27.9 Å². The molecule has 1 saturated heterocycles. The number of benzene rings is 1. The Balaban J connectivity index is 2.04. The smallest absolute Gasteiger partial charge is 0.227 e. The van der Waals surface area contributed by atoms with Gasteiger partial charge in [0.25, 0.3) is 0 Å². The summed E-state index contributed by atoms with van der Waals surface area (Å²) in [4.78, 5) is 12.1. The lowest BCUT2D eigenvalue weighted by atomic mass is 9.88. The highest BCUT2D eigenvalue weighted by molar-refractivity contribution is 14.1. The van der Waals surface area contributed by atoms with E-state index < -0.39 is 0 Å². The van der Waals surface area contributed by atoms with Crippen LogP contribution >= 0.6 is 22.6 Å². The Kier molecular flexibility index (Phi) is 4.04. The summed E-state index contributed by atoms with van der Waals surface area (Å²) in [6.07, 6.45) is 0. The minimum absolute atomic E-state index is 0.0773. The highest BCUT2D eigenvalue weighted by Crippen LogP contribution is 2.21. The number of rotatable bonds is 3. The number of carbonyl (C=O) groups is 1. The molecule has 1 aromatic carbocycles. The largest absolute Gasteiger partial charge is 0.326 e. The van der Waals surface area contributed by atoms with Crippen molar-refractivity contribution in [1.82, 2.24) is 5.32 Å². The lowest BCUT2D eigenvalue weighted by molar-refractivity contribution is -0.121. The van der Waals surface area contributed by atoms with E-state index >= 15 is 0 Å². The number of amides is 1. The molecule has 0 aliphatic carbocycles. The summed E-state index contributed by atoms with van der Waals surface area (Å²) in [7, 11) is 0. The third kappa shape index (κ3) is 2.98. The Morgan fingerprint density at radius 3 is 2.82 bits per heavy atom. The van der Waals surface area contributed by atoms with Gasteiger partial charge in [-0.3, -0.25) is 4.79 Å². The fourth-order valence-electron chi connectivity index (χ4n) is 1.85. The van der Waals surface area contributed by atoms with E-state index in [1.807, 2.05) is 32.0 Å². The maximum Gasteiger partial charge on any atom is 0.227 e. The summed E-state index contributed by atoms with van der Waals surface area (Å²) in [6, 6.07) is 6.09. The summed E-state index contributed by atoms with van der Waals surface area (Å²) in [6.45, 7) is 5.94. The Labute approximate surface area is 116 Å². The summed E-state index contributed by atoms with van der Waals surface area (Å²) in [5, 5.41) is 6.23. The second-order valence-corrected chi connectivity index (χ2v) is 5.90. The molecule has 1 unspecified atom stereocenters. The predicted molar refractivity (Wildman–Crippen MR) is 78.0 cm³/mol. The SMILES string of the molecule is Cc1ccc(I)cc1NC(=O)C(C)C1CNC1. The van der Waals surface area contributed by atoms with Gasteiger partial charge in [0.05, 0.1) is 0 Å². The van der Waals surface area contributed by atoms with Crippen LogP contribution < -0.4 is 10.6 Å². The van der Waals surface area contributed by atoms with E-state index in [1.54, 1.807) is 0 Å².